The highest BCUT2D eigenvalue weighted by atomic mass is 127. The van der Waals surface area contributed by atoms with Crippen LogP contribution >= 0.6 is 46.6 Å². The molecule has 0 radical (unpaired) electrons. The molecule has 2 aromatic rings. The Hall–Kier alpha value is -2.04. The first-order valence-corrected chi connectivity index (χ1v) is 12.4. The van der Waals surface area contributed by atoms with Gasteiger partial charge in [0.15, 0.2) is 11.5 Å². The number of carbonyl (C=O) groups is 1. The van der Waals surface area contributed by atoms with Crippen LogP contribution in [0, 0.1) is 10.5 Å². The minimum atomic E-state index is -0.110. The summed E-state index contributed by atoms with van der Waals surface area (Å²) in [6.07, 6.45) is 3.50. The summed E-state index contributed by atoms with van der Waals surface area (Å²) in [6.45, 7) is 9.31. The van der Waals surface area contributed by atoms with Gasteiger partial charge < -0.3 is 14.2 Å². The van der Waals surface area contributed by atoms with Gasteiger partial charge in [0.05, 0.1) is 15.1 Å². The summed E-state index contributed by atoms with van der Waals surface area (Å²) < 4.78 is 19.1. The molecule has 2 aromatic carbocycles. The number of thiocarbonyl (C=S) groups is 1. The number of aryl methyl sites for hydroxylation is 1. The summed E-state index contributed by atoms with van der Waals surface area (Å²) in [4.78, 5) is 14.7. The zero-order chi connectivity index (χ0) is 23.1. The average molecular weight is 581 g/mol. The topological polar surface area (TPSA) is 48.0 Å². The van der Waals surface area contributed by atoms with E-state index in [0.29, 0.717) is 47.1 Å². The first kappa shape index (κ1) is 24.6. The molecule has 1 aliphatic rings. The van der Waals surface area contributed by atoms with Gasteiger partial charge in [0.1, 0.15) is 23.3 Å². The SMILES string of the molecule is C=CCN1C(=O)C(=Cc2cc(I)c(OCCOc3ccccc3C)c(OCC)c2)SC1=S. The van der Waals surface area contributed by atoms with Gasteiger partial charge in [-0.1, -0.05) is 48.3 Å². The van der Waals surface area contributed by atoms with Gasteiger partial charge in [0, 0.05) is 6.54 Å². The fourth-order valence-corrected chi connectivity index (χ4v) is 5.08. The van der Waals surface area contributed by atoms with Crippen molar-refractivity contribution in [2.75, 3.05) is 26.4 Å². The maximum Gasteiger partial charge on any atom is 0.266 e. The van der Waals surface area contributed by atoms with Gasteiger partial charge in [0.25, 0.3) is 5.91 Å². The number of benzene rings is 2. The van der Waals surface area contributed by atoms with E-state index in [9.17, 15) is 4.79 Å². The predicted molar refractivity (Wildman–Crippen MR) is 143 cm³/mol. The summed E-state index contributed by atoms with van der Waals surface area (Å²) in [6, 6.07) is 11.7. The Morgan fingerprint density at radius 1 is 1.16 bits per heavy atom. The highest BCUT2D eigenvalue weighted by molar-refractivity contribution is 14.1. The summed E-state index contributed by atoms with van der Waals surface area (Å²) in [5.41, 5.74) is 1.93. The number of thioether (sulfide) groups is 1. The number of hydrogen-bond acceptors (Lipinski definition) is 6. The van der Waals surface area contributed by atoms with Gasteiger partial charge in [-0.25, -0.2) is 0 Å². The molecule has 0 bridgehead atoms. The van der Waals surface area contributed by atoms with Crippen LogP contribution in [-0.2, 0) is 4.79 Å². The van der Waals surface area contributed by atoms with Crippen molar-refractivity contribution in [2.24, 2.45) is 0 Å². The molecule has 1 fully saturated rings. The van der Waals surface area contributed by atoms with E-state index in [1.54, 1.807) is 11.0 Å². The third kappa shape index (κ3) is 6.05. The maximum absolute atomic E-state index is 12.6. The van der Waals surface area contributed by atoms with Crippen LogP contribution in [0.15, 0.2) is 54.0 Å². The van der Waals surface area contributed by atoms with Gasteiger partial charge in [-0.15, -0.1) is 6.58 Å². The molecule has 0 spiro atoms. The lowest BCUT2D eigenvalue weighted by Gasteiger charge is -2.15. The molecule has 1 saturated heterocycles. The van der Waals surface area contributed by atoms with Crippen LogP contribution in [0.5, 0.6) is 17.2 Å². The normalized spacial score (nSPS) is 14.7. The van der Waals surface area contributed by atoms with Crippen LogP contribution in [0.2, 0.25) is 0 Å². The van der Waals surface area contributed by atoms with Crippen LogP contribution in [0.4, 0.5) is 0 Å². The van der Waals surface area contributed by atoms with Crippen molar-refractivity contribution in [3.05, 3.63) is 68.7 Å². The van der Waals surface area contributed by atoms with Crippen molar-refractivity contribution >= 4 is 62.9 Å². The third-order valence-electron chi connectivity index (χ3n) is 4.50. The van der Waals surface area contributed by atoms with Crippen molar-refractivity contribution in [1.29, 1.82) is 0 Å². The molecule has 5 nitrogen and oxygen atoms in total. The van der Waals surface area contributed by atoms with E-state index in [0.717, 1.165) is 20.4 Å². The van der Waals surface area contributed by atoms with Crippen molar-refractivity contribution in [3.63, 3.8) is 0 Å². The molecular formula is C24H24INO4S2. The molecule has 32 heavy (non-hydrogen) atoms. The number of hydrogen-bond donors (Lipinski definition) is 0. The molecule has 0 aromatic heterocycles. The molecule has 8 heteroatoms. The lowest BCUT2D eigenvalue weighted by molar-refractivity contribution is -0.121. The number of ether oxygens (including phenoxy) is 3. The standard InChI is InChI=1S/C24H24INO4S2/c1-4-10-26-23(27)21(32-24(26)31)15-17-13-18(25)22(20(14-17)28-5-2)30-12-11-29-19-9-7-6-8-16(19)3/h4,6-9,13-15H,1,5,10-12H2,2-3H3. The number of para-hydroxylation sites is 1. The summed E-state index contributed by atoms with van der Waals surface area (Å²) >= 11 is 8.82. The van der Waals surface area contributed by atoms with E-state index in [2.05, 4.69) is 29.2 Å². The van der Waals surface area contributed by atoms with Crippen LogP contribution in [0.3, 0.4) is 0 Å². The number of amides is 1. The lowest BCUT2D eigenvalue weighted by Crippen LogP contribution is -2.27. The number of carbonyl (C=O) groups excluding carboxylic acids is 1. The van der Waals surface area contributed by atoms with Gasteiger partial charge in [-0.2, -0.15) is 0 Å². The molecule has 0 N–H and O–H groups in total. The van der Waals surface area contributed by atoms with Gasteiger partial charge in [-0.05, 0) is 71.8 Å². The molecule has 1 amide bonds. The van der Waals surface area contributed by atoms with Crippen molar-refractivity contribution in [3.8, 4) is 17.2 Å². The molecule has 3 rings (SSSR count). The van der Waals surface area contributed by atoms with E-state index in [4.69, 9.17) is 26.4 Å². The van der Waals surface area contributed by atoms with Crippen LogP contribution in [0.1, 0.15) is 18.1 Å². The molecule has 0 unspecified atom stereocenters. The number of halogens is 1. The fraction of sp³-hybridized carbons (Fsp3) is 0.250. The van der Waals surface area contributed by atoms with Crippen LogP contribution < -0.4 is 14.2 Å². The van der Waals surface area contributed by atoms with E-state index in [-0.39, 0.29) is 5.91 Å². The fourth-order valence-electron chi connectivity index (χ4n) is 3.03. The largest absolute Gasteiger partial charge is 0.490 e. The van der Waals surface area contributed by atoms with Gasteiger partial charge >= 0.3 is 0 Å². The summed E-state index contributed by atoms with van der Waals surface area (Å²) in [5.74, 6) is 2.03. The Labute approximate surface area is 211 Å². The zero-order valence-corrected chi connectivity index (χ0v) is 21.7. The predicted octanol–water partition coefficient (Wildman–Crippen LogP) is 5.84. The third-order valence-corrected chi connectivity index (χ3v) is 6.67. The molecular weight excluding hydrogens is 557 g/mol. The minimum absolute atomic E-state index is 0.110. The second kappa shape index (κ2) is 11.7. The molecule has 1 aliphatic heterocycles. The Kier molecular flexibility index (Phi) is 9.01. The molecule has 0 aliphatic carbocycles. The van der Waals surface area contributed by atoms with Crippen LogP contribution in [0.25, 0.3) is 6.08 Å². The van der Waals surface area contributed by atoms with Gasteiger partial charge in [0.2, 0.25) is 0 Å². The van der Waals surface area contributed by atoms with Crippen molar-refractivity contribution < 1.29 is 19.0 Å². The van der Waals surface area contributed by atoms with Crippen LogP contribution in [-0.4, -0.2) is 41.5 Å². The minimum Gasteiger partial charge on any atom is -0.490 e. The Morgan fingerprint density at radius 2 is 1.91 bits per heavy atom. The summed E-state index contributed by atoms with van der Waals surface area (Å²) in [5, 5.41) is 0. The summed E-state index contributed by atoms with van der Waals surface area (Å²) in [7, 11) is 0. The monoisotopic (exact) mass is 581 g/mol. The first-order chi connectivity index (χ1) is 15.4. The Morgan fingerprint density at radius 3 is 2.62 bits per heavy atom. The molecule has 0 saturated carbocycles. The molecule has 168 valence electrons. The second-order valence-corrected chi connectivity index (χ2v) is 9.64. The second-order valence-electron chi connectivity index (χ2n) is 6.81. The Bertz CT molecular complexity index is 1050. The van der Waals surface area contributed by atoms with Crippen molar-refractivity contribution in [1.82, 2.24) is 4.90 Å². The molecule has 1 heterocycles. The number of rotatable bonds is 10. The van der Waals surface area contributed by atoms with E-state index >= 15 is 0 Å². The van der Waals surface area contributed by atoms with E-state index in [1.807, 2.05) is 56.3 Å². The van der Waals surface area contributed by atoms with Gasteiger partial charge in [-0.3, -0.25) is 9.69 Å². The quantitative estimate of drug-likeness (QED) is 0.116. The first-order valence-electron chi connectivity index (χ1n) is 10.1. The lowest BCUT2D eigenvalue weighted by atomic mass is 10.2. The highest BCUT2D eigenvalue weighted by Gasteiger charge is 2.31. The zero-order valence-electron chi connectivity index (χ0n) is 17.9. The molecule has 0 atom stereocenters. The smallest absolute Gasteiger partial charge is 0.266 e. The highest BCUT2D eigenvalue weighted by Crippen LogP contribution is 2.37. The van der Waals surface area contributed by atoms with E-state index in [1.165, 1.54) is 11.8 Å². The van der Waals surface area contributed by atoms with Crippen molar-refractivity contribution in [2.45, 2.75) is 13.8 Å². The maximum atomic E-state index is 12.6. The van der Waals surface area contributed by atoms with E-state index < -0.39 is 0 Å². The Balaban J connectivity index is 1.73. The number of nitrogens with zero attached hydrogens (tertiary/aromatic N) is 1. The average Bonchev–Trinajstić information content (AvgIpc) is 3.01.